The molecule has 0 saturated carbocycles. The number of nitrogens with one attached hydrogen (secondary N) is 1. The van der Waals surface area contributed by atoms with Gasteiger partial charge in [-0.05, 0) is 50.1 Å². The van der Waals surface area contributed by atoms with E-state index in [0.717, 1.165) is 24.3 Å². The SMILES string of the molecule is CNC(CCc1ccnn1C)Cc1cccc(Cl)c1. The van der Waals surface area contributed by atoms with Crippen molar-refractivity contribution >= 4 is 11.6 Å². The van der Waals surface area contributed by atoms with Gasteiger partial charge in [-0.15, -0.1) is 0 Å². The van der Waals surface area contributed by atoms with Crippen LogP contribution in [-0.2, 0) is 19.9 Å². The van der Waals surface area contributed by atoms with Crippen molar-refractivity contribution in [3.05, 3.63) is 52.8 Å². The predicted octanol–water partition coefficient (Wildman–Crippen LogP) is 2.84. The van der Waals surface area contributed by atoms with Crippen LogP contribution in [0.5, 0.6) is 0 Å². The van der Waals surface area contributed by atoms with E-state index >= 15 is 0 Å². The average molecular weight is 278 g/mol. The first-order valence-electron chi connectivity index (χ1n) is 6.57. The van der Waals surface area contributed by atoms with Gasteiger partial charge in [0.25, 0.3) is 0 Å². The van der Waals surface area contributed by atoms with E-state index in [0.29, 0.717) is 6.04 Å². The number of nitrogens with zero attached hydrogens (tertiary/aromatic N) is 2. The van der Waals surface area contributed by atoms with Gasteiger partial charge >= 0.3 is 0 Å². The molecule has 0 radical (unpaired) electrons. The van der Waals surface area contributed by atoms with Gasteiger partial charge in [-0.2, -0.15) is 5.10 Å². The van der Waals surface area contributed by atoms with Crippen molar-refractivity contribution in [1.82, 2.24) is 15.1 Å². The van der Waals surface area contributed by atoms with Crippen LogP contribution in [0.15, 0.2) is 36.5 Å². The lowest BCUT2D eigenvalue weighted by Crippen LogP contribution is -2.28. The van der Waals surface area contributed by atoms with E-state index in [1.165, 1.54) is 11.3 Å². The fraction of sp³-hybridized carbons (Fsp3) is 0.400. The quantitative estimate of drug-likeness (QED) is 0.880. The van der Waals surface area contributed by atoms with Crippen LogP contribution in [0.1, 0.15) is 17.7 Å². The molecule has 1 aromatic carbocycles. The van der Waals surface area contributed by atoms with E-state index in [9.17, 15) is 0 Å². The molecule has 1 aromatic heterocycles. The Morgan fingerprint density at radius 3 is 2.84 bits per heavy atom. The van der Waals surface area contributed by atoms with Gasteiger partial charge in [-0.25, -0.2) is 0 Å². The van der Waals surface area contributed by atoms with Crippen molar-refractivity contribution in [2.75, 3.05) is 7.05 Å². The van der Waals surface area contributed by atoms with Crippen LogP contribution in [0.25, 0.3) is 0 Å². The minimum atomic E-state index is 0.452. The van der Waals surface area contributed by atoms with Crippen LogP contribution in [0.4, 0.5) is 0 Å². The molecule has 1 unspecified atom stereocenters. The topological polar surface area (TPSA) is 29.9 Å². The van der Waals surface area contributed by atoms with E-state index < -0.39 is 0 Å². The third kappa shape index (κ3) is 4.08. The highest BCUT2D eigenvalue weighted by Crippen LogP contribution is 2.14. The summed E-state index contributed by atoms with van der Waals surface area (Å²) in [6, 6.07) is 10.6. The van der Waals surface area contributed by atoms with Crippen LogP contribution in [-0.4, -0.2) is 22.9 Å². The first kappa shape index (κ1) is 14.1. The second-order valence-electron chi connectivity index (χ2n) is 4.80. The number of benzene rings is 1. The summed E-state index contributed by atoms with van der Waals surface area (Å²) in [7, 11) is 4.00. The molecule has 0 fully saturated rings. The van der Waals surface area contributed by atoms with Crippen molar-refractivity contribution in [3.8, 4) is 0 Å². The summed E-state index contributed by atoms with van der Waals surface area (Å²) in [4.78, 5) is 0. The highest BCUT2D eigenvalue weighted by molar-refractivity contribution is 6.30. The summed E-state index contributed by atoms with van der Waals surface area (Å²) in [6.45, 7) is 0. The van der Waals surface area contributed by atoms with Gasteiger partial charge in [-0.1, -0.05) is 23.7 Å². The van der Waals surface area contributed by atoms with E-state index in [4.69, 9.17) is 11.6 Å². The molecule has 19 heavy (non-hydrogen) atoms. The molecule has 0 saturated heterocycles. The Bertz CT molecular complexity index is 522. The van der Waals surface area contributed by atoms with E-state index in [1.54, 1.807) is 0 Å². The fourth-order valence-corrected chi connectivity index (χ4v) is 2.48. The Balaban J connectivity index is 1.92. The summed E-state index contributed by atoms with van der Waals surface area (Å²) in [6.07, 6.45) is 4.96. The summed E-state index contributed by atoms with van der Waals surface area (Å²) in [5.41, 5.74) is 2.54. The van der Waals surface area contributed by atoms with Crippen molar-refractivity contribution < 1.29 is 0 Å². The summed E-state index contributed by atoms with van der Waals surface area (Å²) < 4.78 is 1.94. The zero-order valence-corrected chi connectivity index (χ0v) is 12.2. The second-order valence-corrected chi connectivity index (χ2v) is 5.24. The Morgan fingerprint density at radius 1 is 1.37 bits per heavy atom. The van der Waals surface area contributed by atoms with Crippen molar-refractivity contribution in [1.29, 1.82) is 0 Å². The maximum atomic E-state index is 6.02. The number of rotatable bonds is 6. The first-order valence-corrected chi connectivity index (χ1v) is 6.95. The van der Waals surface area contributed by atoms with Crippen LogP contribution in [0, 0.1) is 0 Å². The molecule has 1 atom stereocenters. The maximum absolute atomic E-state index is 6.02. The molecule has 1 heterocycles. The third-order valence-electron chi connectivity index (χ3n) is 3.45. The van der Waals surface area contributed by atoms with Gasteiger partial charge < -0.3 is 5.32 Å². The lowest BCUT2D eigenvalue weighted by molar-refractivity contribution is 0.510. The van der Waals surface area contributed by atoms with Crippen molar-refractivity contribution in [2.24, 2.45) is 7.05 Å². The Morgan fingerprint density at radius 2 is 2.21 bits per heavy atom. The minimum Gasteiger partial charge on any atom is -0.317 e. The van der Waals surface area contributed by atoms with Gasteiger partial charge in [0.15, 0.2) is 0 Å². The van der Waals surface area contributed by atoms with Crippen LogP contribution >= 0.6 is 11.6 Å². The van der Waals surface area contributed by atoms with Gasteiger partial charge in [0.2, 0.25) is 0 Å². The molecular weight excluding hydrogens is 258 g/mol. The molecule has 0 amide bonds. The van der Waals surface area contributed by atoms with E-state index in [-0.39, 0.29) is 0 Å². The van der Waals surface area contributed by atoms with Gasteiger partial charge in [0.1, 0.15) is 0 Å². The molecule has 1 N–H and O–H groups in total. The highest BCUT2D eigenvalue weighted by atomic mass is 35.5. The number of halogens is 1. The normalized spacial score (nSPS) is 12.6. The van der Waals surface area contributed by atoms with Crippen LogP contribution in [0.3, 0.4) is 0 Å². The number of likely N-dealkylation sites (N-methyl/N-ethyl adjacent to an activating group) is 1. The summed E-state index contributed by atoms with van der Waals surface area (Å²) in [5.74, 6) is 0. The Labute approximate surface area is 119 Å². The van der Waals surface area contributed by atoms with E-state index in [1.807, 2.05) is 43.2 Å². The van der Waals surface area contributed by atoms with Gasteiger partial charge in [0, 0.05) is 30.0 Å². The predicted molar refractivity (Wildman–Crippen MR) is 79.5 cm³/mol. The molecule has 3 nitrogen and oxygen atoms in total. The van der Waals surface area contributed by atoms with Gasteiger partial charge in [-0.3, -0.25) is 4.68 Å². The third-order valence-corrected chi connectivity index (χ3v) is 3.69. The fourth-order valence-electron chi connectivity index (χ4n) is 2.27. The van der Waals surface area contributed by atoms with Crippen molar-refractivity contribution in [2.45, 2.75) is 25.3 Å². The Hall–Kier alpha value is -1.32. The maximum Gasteiger partial charge on any atom is 0.0492 e. The molecule has 0 bridgehead atoms. The second kappa shape index (κ2) is 6.73. The monoisotopic (exact) mass is 277 g/mol. The largest absolute Gasteiger partial charge is 0.317 e. The smallest absolute Gasteiger partial charge is 0.0492 e. The molecule has 2 rings (SSSR count). The first-order chi connectivity index (χ1) is 9.19. The zero-order chi connectivity index (χ0) is 13.7. The Kier molecular flexibility index (Phi) is 5.00. The van der Waals surface area contributed by atoms with Crippen LogP contribution < -0.4 is 5.32 Å². The zero-order valence-electron chi connectivity index (χ0n) is 11.4. The molecule has 2 aromatic rings. The molecule has 0 aliphatic carbocycles. The molecule has 0 aliphatic heterocycles. The molecule has 102 valence electrons. The number of aromatic nitrogens is 2. The molecule has 0 spiro atoms. The lowest BCUT2D eigenvalue weighted by atomic mass is 10.0. The number of hydrogen-bond acceptors (Lipinski definition) is 2. The molecule has 0 aliphatic rings. The van der Waals surface area contributed by atoms with Gasteiger partial charge in [0.05, 0.1) is 0 Å². The summed E-state index contributed by atoms with van der Waals surface area (Å²) in [5, 5.41) is 8.38. The number of aryl methyl sites for hydroxylation is 2. The minimum absolute atomic E-state index is 0.452. The molecule has 4 heteroatoms. The average Bonchev–Trinajstić information content (AvgIpc) is 2.80. The summed E-state index contributed by atoms with van der Waals surface area (Å²) >= 11 is 6.02. The van der Waals surface area contributed by atoms with E-state index in [2.05, 4.69) is 22.5 Å². The highest BCUT2D eigenvalue weighted by Gasteiger charge is 2.09. The number of hydrogen-bond donors (Lipinski definition) is 1. The van der Waals surface area contributed by atoms with Crippen LogP contribution in [0.2, 0.25) is 5.02 Å². The lowest BCUT2D eigenvalue weighted by Gasteiger charge is -2.16. The standard InChI is InChI=1S/C15H20ClN3/c1-17-14(6-7-15-8-9-18-19(15)2)11-12-4-3-5-13(16)10-12/h3-5,8-10,14,17H,6-7,11H2,1-2H3. The molecular formula is C15H20ClN3. The van der Waals surface area contributed by atoms with Crippen molar-refractivity contribution in [3.63, 3.8) is 0 Å².